The van der Waals surface area contributed by atoms with Crippen molar-refractivity contribution < 1.29 is 4.92 Å². The number of hydrogen-bond donors (Lipinski definition) is 0. The number of nitro groups is 1. The van der Waals surface area contributed by atoms with Gasteiger partial charge in [-0.3, -0.25) is 10.1 Å². The van der Waals surface area contributed by atoms with Crippen molar-refractivity contribution in [1.29, 1.82) is 0 Å². The summed E-state index contributed by atoms with van der Waals surface area (Å²) in [6.45, 7) is 0. The molecule has 1 aromatic rings. The van der Waals surface area contributed by atoms with Crippen molar-refractivity contribution >= 4 is 21.5 Å². The van der Waals surface area contributed by atoms with Crippen molar-refractivity contribution in [1.82, 2.24) is 4.98 Å². The molecule has 6 heteroatoms. The monoisotopic (exact) mass is 173 g/mol. The normalized spacial score (nSPS) is 9.64. The molecule has 5 nitrogen and oxygen atoms in total. The molecule has 0 fully saturated rings. The van der Waals surface area contributed by atoms with Crippen LogP contribution in [0.1, 0.15) is 0 Å². The summed E-state index contributed by atoms with van der Waals surface area (Å²) in [4.78, 5) is 15.3. The average Bonchev–Trinajstić information content (AvgIpc) is 2.33. The number of hydrogen-bond acceptors (Lipinski definition) is 5. The van der Waals surface area contributed by atoms with Crippen molar-refractivity contribution in [2.45, 2.75) is 0 Å². The van der Waals surface area contributed by atoms with Gasteiger partial charge in [0.25, 0.3) is 0 Å². The summed E-state index contributed by atoms with van der Waals surface area (Å²) in [6.07, 6.45) is 1.26. The van der Waals surface area contributed by atoms with E-state index in [2.05, 4.69) is 4.98 Å². The highest BCUT2D eigenvalue weighted by molar-refractivity contribution is 7.18. The molecule has 0 radical (unpaired) electrons. The first-order valence-corrected chi connectivity index (χ1v) is 3.70. The lowest BCUT2D eigenvalue weighted by Gasteiger charge is -2.03. The van der Waals surface area contributed by atoms with E-state index in [0.717, 1.165) is 11.3 Å². The van der Waals surface area contributed by atoms with Gasteiger partial charge in [0.1, 0.15) is 6.20 Å². The second-order valence-corrected chi connectivity index (χ2v) is 3.12. The van der Waals surface area contributed by atoms with E-state index < -0.39 is 4.92 Å². The zero-order chi connectivity index (χ0) is 8.43. The van der Waals surface area contributed by atoms with Gasteiger partial charge in [0.2, 0.25) is 0 Å². The second kappa shape index (κ2) is 2.83. The van der Waals surface area contributed by atoms with E-state index in [1.54, 1.807) is 19.0 Å². The Hall–Kier alpha value is -1.17. The van der Waals surface area contributed by atoms with Crippen LogP contribution in [-0.2, 0) is 0 Å². The van der Waals surface area contributed by atoms with Crippen LogP contribution in [0.2, 0.25) is 0 Å². The standard InChI is InChI=1S/C5H7N3O2S/c1-7(2)5-6-3-4(11-5)8(9)10/h3H,1-2H3. The number of thiazole rings is 1. The van der Waals surface area contributed by atoms with Crippen LogP contribution in [-0.4, -0.2) is 24.0 Å². The van der Waals surface area contributed by atoms with Gasteiger partial charge < -0.3 is 4.90 Å². The molecule has 60 valence electrons. The Morgan fingerprint density at radius 3 is 2.64 bits per heavy atom. The first-order chi connectivity index (χ1) is 5.11. The van der Waals surface area contributed by atoms with Gasteiger partial charge in [0.15, 0.2) is 5.13 Å². The molecular formula is C5H7N3O2S. The van der Waals surface area contributed by atoms with Crippen molar-refractivity contribution in [3.8, 4) is 0 Å². The average molecular weight is 173 g/mol. The maximum atomic E-state index is 10.2. The predicted molar refractivity (Wildman–Crippen MR) is 43.1 cm³/mol. The molecule has 0 N–H and O–H groups in total. The first-order valence-electron chi connectivity index (χ1n) is 2.89. The Kier molecular flexibility index (Phi) is 2.04. The van der Waals surface area contributed by atoms with Crippen LogP contribution >= 0.6 is 11.3 Å². The summed E-state index contributed by atoms with van der Waals surface area (Å²) in [5.41, 5.74) is 0. The van der Waals surface area contributed by atoms with Crippen molar-refractivity contribution in [2.75, 3.05) is 19.0 Å². The van der Waals surface area contributed by atoms with E-state index in [4.69, 9.17) is 0 Å². The first kappa shape index (κ1) is 7.93. The molecule has 0 unspecified atom stereocenters. The second-order valence-electron chi connectivity index (χ2n) is 2.13. The highest BCUT2D eigenvalue weighted by atomic mass is 32.1. The van der Waals surface area contributed by atoms with Gasteiger partial charge in [0, 0.05) is 14.1 Å². The van der Waals surface area contributed by atoms with Gasteiger partial charge in [-0.15, -0.1) is 0 Å². The fraction of sp³-hybridized carbons (Fsp3) is 0.400. The van der Waals surface area contributed by atoms with E-state index in [-0.39, 0.29) is 5.00 Å². The molecule has 0 aliphatic rings. The van der Waals surface area contributed by atoms with Crippen LogP contribution in [0.15, 0.2) is 6.20 Å². The molecule has 0 aliphatic heterocycles. The zero-order valence-electron chi connectivity index (χ0n) is 6.14. The van der Waals surface area contributed by atoms with Crippen molar-refractivity contribution in [3.63, 3.8) is 0 Å². The van der Waals surface area contributed by atoms with E-state index in [1.165, 1.54) is 6.20 Å². The predicted octanol–water partition coefficient (Wildman–Crippen LogP) is 1.12. The van der Waals surface area contributed by atoms with E-state index in [0.29, 0.717) is 5.13 Å². The third-order valence-corrected chi connectivity index (χ3v) is 2.16. The van der Waals surface area contributed by atoms with E-state index >= 15 is 0 Å². The third-order valence-electron chi connectivity index (χ3n) is 1.04. The molecule has 0 aromatic carbocycles. The quantitative estimate of drug-likeness (QED) is 0.496. The van der Waals surface area contributed by atoms with E-state index in [1.807, 2.05) is 0 Å². The fourth-order valence-corrected chi connectivity index (χ4v) is 1.20. The minimum Gasteiger partial charge on any atom is -0.354 e. The lowest BCUT2D eigenvalue weighted by Crippen LogP contribution is -2.07. The summed E-state index contributed by atoms with van der Waals surface area (Å²) in [5, 5.41) is 10.9. The van der Waals surface area contributed by atoms with Gasteiger partial charge in [-0.25, -0.2) is 4.98 Å². The van der Waals surface area contributed by atoms with Gasteiger partial charge >= 0.3 is 5.00 Å². The van der Waals surface area contributed by atoms with Crippen LogP contribution < -0.4 is 4.90 Å². The molecule has 1 rings (SSSR count). The Labute approximate surface area is 67.4 Å². The molecule has 11 heavy (non-hydrogen) atoms. The van der Waals surface area contributed by atoms with Gasteiger partial charge in [-0.05, 0) is 11.3 Å². The molecule has 1 heterocycles. The third kappa shape index (κ3) is 1.64. The molecule has 0 amide bonds. The molecule has 0 saturated carbocycles. The Morgan fingerprint density at radius 1 is 1.73 bits per heavy atom. The highest BCUT2D eigenvalue weighted by Gasteiger charge is 2.11. The smallest absolute Gasteiger partial charge is 0.345 e. The maximum Gasteiger partial charge on any atom is 0.345 e. The highest BCUT2D eigenvalue weighted by Crippen LogP contribution is 2.26. The Morgan fingerprint density at radius 2 is 2.36 bits per heavy atom. The summed E-state index contributed by atoms with van der Waals surface area (Å²) in [6, 6.07) is 0. The van der Waals surface area contributed by atoms with Gasteiger partial charge in [0.05, 0.1) is 4.92 Å². The van der Waals surface area contributed by atoms with E-state index in [9.17, 15) is 10.1 Å². The van der Waals surface area contributed by atoms with Crippen molar-refractivity contribution in [2.24, 2.45) is 0 Å². The molecule has 1 aromatic heterocycles. The molecule has 0 aliphatic carbocycles. The zero-order valence-corrected chi connectivity index (χ0v) is 6.96. The lowest BCUT2D eigenvalue weighted by atomic mass is 10.8. The number of rotatable bonds is 2. The maximum absolute atomic E-state index is 10.2. The summed E-state index contributed by atoms with van der Waals surface area (Å²) >= 11 is 1.06. The van der Waals surface area contributed by atoms with Crippen molar-refractivity contribution in [3.05, 3.63) is 16.3 Å². The topological polar surface area (TPSA) is 59.3 Å². The molecule has 0 bridgehead atoms. The molecule has 0 saturated heterocycles. The number of anilines is 1. The molecule has 0 atom stereocenters. The van der Waals surface area contributed by atoms with Crippen LogP contribution in [0.4, 0.5) is 10.1 Å². The molecular weight excluding hydrogens is 166 g/mol. The van der Waals surface area contributed by atoms with Gasteiger partial charge in [-0.1, -0.05) is 0 Å². The number of nitrogens with zero attached hydrogens (tertiary/aromatic N) is 3. The molecule has 0 spiro atoms. The number of aromatic nitrogens is 1. The van der Waals surface area contributed by atoms with Gasteiger partial charge in [-0.2, -0.15) is 0 Å². The largest absolute Gasteiger partial charge is 0.354 e. The summed E-state index contributed by atoms with van der Waals surface area (Å²) < 4.78 is 0. The minimum atomic E-state index is -0.440. The van der Waals surface area contributed by atoms with Crippen LogP contribution in [0.5, 0.6) is 0 Å². The minimum absolute atomic E-state index is 0.0775. The summed E-state index contributed by atoms with van der Waals surface area (Å²) in [7, 11) is 3.59. The van der Waals surface area contributed by atoms with Crippen LogP contribution in [0.25, 0.3) is 0 Å². The van der Waals surface area contributed by atoms with Crippen LogP contribution in [0, 0.1) is 10.1 Å². The SMILES string of the molecule is CN(C)c1ncc([N+](=O)[O-])s1. The summed E-state index contributed by atoms with van der Waals surface area (Å²) in [5.74, 6) is 0. The van der Waals surface area contributed by atoms with Crippen LogP contribution in [0.3, 0.4) is 0 Å². The fourth-order valence-electron chi connectivity index (χ4n) is 0.548. The Balaban J connectivity index is 2.90. The lowest BCUT2D eigenvalue weighted by molar-refractivity contribution is -0.380. The Bertz CT molecular complexity index is 270.